The Morgan fingerprint density at radius 3 is 2.55 bits per heavy atom. The highest BCUT2D eigenvalue weighted by Gasteiger charge is 2.19. The molecule has 0 fully saturated rings. The number of aryl methyl sites for hydroxylation is 2. The van der Waals surface area contributed by atoms with E-state index in [4.69, 9.17) is 4.74 Å². The lowest BCUT2D eigenvalue weighted by atomic mass is 9.94. The molecule has 2 aromatic carbocycles. The van der Waals surface area contributed by atoms with Crippen LogP contribution in [0, 0.1) is 19.7 Å². The van der Waals surface area contributed by atoms with Gasteiger partial charge in [0.1, 0.15) is 11.6 Å². The Kier molecular flexibility index (Phi) is 3.55. The molecule has 0 N–H and O–H groups in total. The van der Waals surface area contributed by atoms with Crippen LogP contribution in [0.5, 0.6) is 5.75 Å². The van der Waals surface area contributed by atoms with Crippen molar-refractivity contribution in [2.45, 2.75) is 25.1 Å². The van der Waals surface area contributed by atoms with Gasteiger partial charge in [-0.05, 0) is 59.9 Å². The molecule has 0 amide bonds. The SMILES string of the molecule is Cc1cc(F)cc(C)c1C(Br)c1ccc2c(c1)CCO2. The molecule has 104 valence electrons. The van der Waals surface area contributed by atoms with Crippen LogP contribution in [0.15, 0.2) is 30.3 Å². The molecule has 1 nitrogen and oxygen atoms in total. The van der Waals surface area contributed by atoms with Crippen LogP contribution in [0.2, 0.25) is 0 Å². The molecular formula is C17H16BrFO. The molecule has 0 radical (unpaired) electrons. The van der Waals surface area contributed by atoms with Crippen LogP contribution >= 0.6 is 15.9 Å². The Morgan fingerprint density at radius 2 is 1.85 bits per heavy atom. The first-order chi connectivity index (χ1) is 9.56. The van der Waals surface area contributed by atoms with Gasteiger partial charge in [0.15, 0.2) is 0 Å². The van der Waals surface area contributed by atoms with E-state index in [9.17, 15) is 4.39 Å². The largest absolute Gasteiger partial charge is 0.493 e. The summed E-state index contributed by atoms with van der Waals surface area (Å²) in [5.41, 5.74) is 5.53. The van der Waals surface area contributed by atoms with E-state index in [0.717, 1.165) is 35.5 Å². The molecule has 20 heavy (non-hydrogen) atoms. The van der Waals surface area contributed by atoms with Crippen LogP contribution in [-0.4, -0.2) is 6.61 Å². The lowest BCUT2D eigenvalue weighted by molar-refractivity contribution is 0.357. The fourth-order valence-electron chi connectivity index (χ4n) is 2.85. The molecule has 1 aliphatic rings. The van der Waals surface area contributed by atoms with Crippen LogP contribution < -0.4 is 4.74 Å². The number of alkyl halides is 1. The maximum absolute atomic E-state index is 13.4. The normalized spacial score (nSPS) is 14.8. The second kappa shape index (κ2) is 5.21. The monoisotopic (exact) mass is 334 g/mol. The standard InChI is InChI=1S/C17H16BrFO/c1-10-7-14(19)8-11(2)16(10)17(18)13-3-4-15-12(9-13)5-6-20-15/h3-4,7-9,17H,5-6H2,1-2H3. The summed E-state index contributed by atoms with van der Waals surface area (Å²) >= 11 is 3.77. The van der Waals surface area contributed by atoms with Gasteiger partial charge in [0, 0.05) is 6.42 Å². The molecule has 0 spiro atoms. The second-order valence-electron chi connectivity index (χ2n) is 5.28. The average Bonchev–Trinajstić information content (AvgIpc) is 2.84. The molecule has 3 rings (SSSR count). The first-order valence-electron chi connectivity index (χ1n) is 6.72. The van der Waals surface area contributed by atoms with Crippen molar-refractivity contribution in [2.24, 2.45) is 0 Å². The predicted molar refractivity (Wildman–Crippen MR) is 82.3 cm³/mol. The quantitative estimate of drug-likeness (QED) is 0.712. The van der Waals surface area contributed by atoms with Gasteiger partial charge in [0.25, 0.3) is 0 Å². The molecule has 0 aliphatic carbocycles. The van der Waals surface area contributed by atoms with Crippen molar-refractivity contribution in [3.8, 4) is 5.75 Å². The fourth-order valence-corrected chi connectivity index (χ4v) is 3.86. The van der Waals surface area contributed by atoms with Crippen LogP contribution in [0.25, 0.3) is 0 Å². The van der Waals surface area contributed by atoms with Crippen molar-refractivity contribution >= 4 is 15.9 Å². The van der Waals surface area contributed by atoms with E-state index in [2.05, 4.69) is 28.1 Å². The smallest absolute Gasteiger partial charge is 0.123 e. The summed E-state index contributed by atoms with van der Waals surface area (Å²) in [4.78, 5) is 0.0778. The topological polar surface area (TPSA) is 9.23 Å². The Bertz CT molecular complexity index is 643. The van der Waals surface area contributed by atoms with Gasteiger partial charge in [0.2, 0.25) is 0 Å². The van der Waals surface area contributed by atoms with Crippen molar-refractivity contribution < 1.29 is 9.13 Å². The average molecular weight is 335 g/mol. The Labute approximate surface area is 126 Å². The predicted octanol–water partition coefficient (Wildman–Crippen LogP) is 4.86. The fraction of sp³-hybridized carbons (Fsp3) is 0.294. The summed E-state index contributed by atoms with van der Waals surface area (Å²) in [7, 11) is 0. The van der Waals surface area contributed by atoms with E-state index in [0.29, 0.717) is 0 Å². The van der Waals surface area contributed by atoms with Crippen molar-refractivity contribution in [3.63, 3.8) is 0 Å². The zero-order valence-electron chi connectivity index (χ0n) is 11.5. The van der Waals surface area contributed by atoms with Crippen molar-refractivity contribution in [2.75, 3.05) is 6.61 Å². The molecule has 0 saturated heterocycles. The molecule has 0 bridgehead atoms. The number of benzene rings is 2. The molecule has 0 saturated carbocycles. The number of ether oxygens (including phenoxy) is 1. The number of rotatable bonds is 2. The van der Waals surface area contributed by atoms with E-state index in [1.54, 1.807) is 12.1 Å². The lowest BCUT2D eigenvalue weighted by Crippen LogP contribution is -2.00. The van der Waals surface area contributed by atoms with E-state index in [1.165, 1.54) is 11.1 Å². The first-order valence-corrected chi connectivity index (χ1v) is 7.64. The lowest BCUT2D eigenvalue weighted by Gasteiger charge is -2.17. The summed E-state index contributed by atoms with van der Waals surface area (Å²) in [6.45, 7) is 4.67. The number of fused-ring (bicyclic) bond motifs is 1. The minimum atomic E-state index is -0.175. The third kappa shape index (κ3) is 2.35. The van der Waals surface area contributed by atoms with Crippen LogP contribution in [0.3, 0.4) is 0 Å². The van der Waals surface area contributed by atoms with Gasteiger partial charge in [0.05, 0.1) is 11.4 Å². The molecular weight excluding hydrogens is 319 g/mol. The summed E-state index contributed by atoms with van der Waals surface area (Å²) < 4.78 is 19.0. The van der Waals surface area contributed by atoms with Crippen molar-refractivity contribution in [1.82, 2.24) is 0 Å². The minimum absolute atomic E-state index is 0.0778. The molecule has 1 aliphatic heterocycles. The molecule has 0 aromatic heterocycles. The summed E-state index contributed by atoms with van der Waals surface area (Å²) in [5.74, 6) is 0.812. The van der Waals surface area contributed by atoms with Crippen LogP contribution in [0.4, 0.5) is 4.39 Å². The highest BCUT2D eigenvalue weighted by Crippen LogP contribution is 2.38. The van der Waals surface area contributed by atoms with E-state index >= 15 is 0 Å². The Balaban J connectivity index is 2.03. The summed E-state index contributed by atoms with van der Waals surface area (Å²) in [6, 6.07) is 9.47. The maximum Gasteiger partial charge on any atom is 0.123 e. The molecule has 1 heterocycles. The van der Waals surface area contributed by atoms with Gasteiger partial charge in [-0.2, -0.15) is 0 Å². The maximum atomic E-state index is 13.4. The molecule has 2 aromatic rings. The second-order valence-corrected chi connectivity index (χ2v) is 6.20. The van der Waals surface area contributed by atoms with Gasteiger partial charge < -0.3 is 4.74 Å². The third-order valence-electron chi connectivity index (χ3n) is 3.82. The van der Waals surface area contributed by atoms with Crippen molar-refractivity contribution in [1.29, 1.82) is 0 Å². The van der Waals surface area contributed by atoms with Gasteiger partial charge in [-0.1, -0.05) is 28.1 Å². The molecule has 1 unspecified atom stereocenters. The summed E-state index contributed by atoms with van der Waals surface area (Å²) in [6.07, 6.45) is 0.963. The van der Waals surface area contributed by atoms with E-state index in [-0.39, 0.29) is 10.6 Å². The van der Waals surface area contributed by atoms with Gasteiger partial charge in [-0.15, -0.1) is 0 Å². The van der Waals surface area contributed by atoms with Gasteiger partial charge in [-0.25, -0.2) is 4.39 Å². The van der Waals surface area contributed by atoms with E-state index < -0.39 is 0 Å². The van der Waals surface area contributed by atoms with Gasteiger partial charge in [-0.3, -0.25) is 0 Å². The number of halogens is 2. The number of hydrogen-bond donors (Lipinski definition) is 0. The zero-order valence-corrected chi connectivity index (χ0v) is 13.1. The van der Waals surface area contributed by atoms with Gasteiger partial charge >= 0.3 is 0 Å². The minimum Gasteiger partial charge on any atom is -0.493 e. The van der Waals surface area contributed by atoms with Crippen molar-refractivity contribution in [3.05, 3.63) is 64.0 Å². The Morgan fingerprint density at radius 1 is 1.15 bits per heavy atom. The van der Waals surface area contributed by atoms with Crippen LogP contribution in [0.1, 0.15) is 32.6 Å². The number of hydrogen-bond acceptors (Lipinski definition) is 1. The molecule has 3 heteroatoms. The Hall–Kier alpha value is -1.35. The molecule has 1 atom stereocenters. The third-order valence-corrected chi connectivity index (χ3v) is 4.80. The summed E-state index contributed by atoms with van der Waals surface area (Å²) in [5, 5.41) is 0. The highest BCUT2D eigenvalue weighted by atomic mass is 79.9. The van der Waals surface area contributed by atoms with E-state index in [1.807, 2.05) is 19.9 Å². The zero-order chi connectivity index (χ0) is 14.3. The van der Waals surface area contributed by atoms with Crippen LogP contribution in [-0.2, 0) is 6.42 Å². The highest BCUT2D eigenvalue weighted by molar-refractivity contribution is 9.09. The first kappa shape index (κ1) is 13.6.